The van der Waals surface area contributed by atoms with Crippen molar-refractivity contribution >= 4 is 19.0 Å². The topological polar surface area (TPSA) is 12.9 Å². The van der Waals surface area contributed by atoms with Crippen LogP contribution in [0.3, 0.4) is 0 Å². The van der Waals surface area contributed by atoms with E-state index < -0.39 is 0 Å². The lowest BCUT2D eigenvalue weighted by Crippen LogP contribution is -2.22. The van der Waals surface area contributed by atoms with E-state index in [1.807, 2.05) is 6.20 Å². The summed E-state index contributed by atoms with van der Waals surface area (Å²) in [7, 11) is 6.77. The van der Waals surface area contributed by atoms with Crippen molar-refractivity contribution in [3.05, 3.63) is 89.3 Å². The first-order chi connectivity index (χ1) is 14.1. The summed E-state index contributed by atoms with van der Waals surface area (Å²) in [5, 5.41) is -0.186. The van der Waals surface area contributed by atoms with Gasteiger partial charge in [-0.3, -0.25) is 4.98 Å². The molecule has 1 atom stereocenters. The Labute approximate surface area is 177 Å². The SMILES string of the molecule is [B]C1(c2ccnc(C3=CC(c4ccccc4)=CCC3C(C)=CCC)c2)CCCC1. The van der Waals surface area contributed by atoms with E-state index in [0.29, 0.717) is 5.92 Å². The summed E-state index contributed by atoms with van der Waals surface area (Å²) in [5.74, 6) is 0.377. The van der Waals surface area contributed by atoms with Gasteiger partial charge < -0.3 is 0 Å². The lowest BCUT2D eigenvalue weighted by atomic mass is 9.63. The lowest BCUT2D eigenvalue weighted by molar-refractivity contribution is 0.634. The molecule has 2 aliphatic carbocycles. The van der Waals surface area contributed by atoms with Gasteiger partial charge in [-0.25, -0.2) is 0 Å². The molecule has 1 unspecified atom stereocenters. The first-order valence-corrected chi connectivity index (χ1v) is 11.0. The lowest BCUT2D eigenvalue weighted by Gasteiger charge is -2.28. The fourth-order valence-corrected chi connectivity index (χ4v) is 4.87. The molecule has 2 aliphatic rings. The molecule has 1 aromatic carbocycles. The zero-order chi connectivity index (χ0) is 20.3. The molecule has 1 saturated carbocycles. The highest BCUT2D eigenvalue weighted by Gasteiger charge is 2.31. The number of hydrogen-bond donors (Lipinski definition) is 0. The van der Waals surface area contributed by atoms with Crippen LogP contribution in [-0.2, 0) is 5.31 Å². The van der Waals surface area contributed by atoms with Crippen LogP contribution in [0.2, 0.25) is 0 Å². The second-order valence-electron chi connectivity index (χ2n) is 8.56. The van der Waals surface area contributed by atoms with Crippen LogP contribution in [0.1, 0.15) is 69.2 Å². The minimum absolute atomic E-state index is 0.186. The zero-order valence-electron chi connectivity index (χ0n) is 17.7. The molecule has 2 aromatic rings. The van der Waals surface area contributed by atoms with Gasteiger partial charge in [-0.1, -0.05) is 80.7 Å². The molecular formula is C27H30BN. The Morgan fingerprint density at radius 2 is 1.93 bits per heavy atom. The van der Waals surface area contributed by atoms with Crippen molar-refractivity contribution < 1.29 is 0 Å². The molecule has 2 heteroatoms. The molecule has 0 aliphatic heterocycles. The molecule has 1 nitrogen and oxygen atoms in total. The Morgan fingerprint density at radius 1 is 1.17 bits per heavy atom. The number of allylic oxidation sites excluding steroid dienone is 6. The highest BCUT2D eigenvalue weighted by atomic mass is 14.7. The zero-order valence-corrected chi connectivity index (χ0v) is 17.7. The van der Waals surface area contributed by atoms with E-state index in [2.05, 4.69) is 74.5 Å². The molecule has 0 bridgehead atoms. The van der Waals surface area contributed by atoms with Gasteiger partial charge in [0.15, 0.2) is 0 Å². The highest BCUT2D eigenvalue weighted by Crippen LogP contribution is 2.42. The summed E-state index contributed by atoms with van der Waals surface area (Å²) in [6.45, 7) is 4.46. The number of hydrogen-bond acceptors (Lipinski definition) is 1. The fourth-order valence-electron chi connectivity index (χ4n) is 4.87. The Bertz CT molecular complexity index is 946. The van der Waals surface area contributed by atoms with Crippen LogP contribution in [0.15, 0.2) is 72.5 Å². The van der Waals surface area contributed by atoms with Gasteiger partial charge in [-0.05, 0) is 65.6 Å². The third-order valence-electron chi connectivity index (χ3n) is 6.57. The van der Waals surface area contributed by atoms with Crippen molar-refractivity contribution in [2.24, 2.45) is 5.92 Å². The monoisotopic (exact) mass is 379 g/mol. The van der Waals surface area contributed by atoms with E-state index in [-0.39, 0.29) is 5.31 Å². The predicted molar refractivity (Wildman–Crippen MR) is 125 cm³/mol. The largest absolute Gasteiger partial charge is 0.257 e. The van der Waals surface area contributed by atoms with Gasteiger partial charge in [0.2, 0.25) is 0 Å². The van der Waals surface area contributed by atoms with Crippen LogP contribution < -0.4 is 0 Å². The van der Waals surface area contributed by atoms with Gasteiger partial charge in [0.25, 0.3) is 0 Å². The third-order valence-corrected chi connectivity index (χ3v) is 6.57. The van der Waals surface area contributed by atoms with Gasteiger partial charge in [0, 0.05) is 12.1 Å². The Kier molecular flexibility index (Phi) is 5.90. The Morgan fingerprint density at radius 3 is 2.66 bits per heavy atom. The van der Waals surface area contributed by atoms with Crippen molar-refractivity contribution in [2.75, 3.05) is 0 Å². The minimum atomic E-state index is -0.186. The van der Waals surface area contributed by atoms with E-state index in [0.717, 1.165) is 31.4 Å². The van der Waals surface area contributed by atoms with E-state index >= 15 is 0 Å². The van der Waals surface area contributed by atoms with Gasteiger partial charge in [-0.2, -0.15) is 0 Å². The molecule has 2 radical (unpaired) electrons. The maximum atomic E-state index is 6.77. The highest BCUT2D eigenvalue weighted by molar-refractivity contribution is 6.16. The molecule has 1 aromatic heterocycles. The normalized spacial score (nSPS) is 21.6. The maximum absolute atomic E-state index is 6.77. The van der Waals surface area contributed by atoms with Crippen LogP contribution in [0.5, 0.6) is 0 Å². The summed E-state index contributed by atoms with van der Waals surface area (Å²) in [4.78, 5) is 4.81. The number of nitrogens with zero attached hydrogens (tertiary/aromatic N) is 1. The number of pyridine rings is 1. The molecular weight excluding hydrogens is 349 g/mol. The van der Waals surface area contributed by atoms with Crippen LogP contribution in [-0.4, -0.2) is 12.8 Å². The van der Waals surface area contributed by atoms with E-state index in [4.69, 9.17) is 12.8 Å². The smallest absolute Gasteiger partial charge is 0.0810 e. The Hall–Kier alpha value is -2.35. The molecule has 0 N–H and O–H groups in total. The first-order valence-electron chi connectivity index (χ1n) is 11.0. The quantitative estimate of drug-likeness (QED) is 0.408. The van der Waals surface area contributed by atoms with Crippen LogP contribution in [0.25, 0.3) is 11.1 Å². The molecule has 0 saturated heterocycles. The van der Waals surface area contributed by atoms with Crippen molar-refractivity contribution in [3.63, 3.8) is 0 Å². The van der Waals surface area contributed by atoms with Crippen molar-refractivity contribution in [2.45, 2.75) is 57.7 Å². The van der Waals surface area contributed by atoms with E-state index in [9.17, 15) is 0 Å². The molecule has 0 amide bonds. The average Bonchev–Trinajstić information content (AvgIpc) is 3.22. The average molecular weight is 379 g/mol. The van der Waals surface area contributed by atoms with Crippen LogP contribution in [0, 0.1) is 5.92 Å². The predicted octanol–water partition coefficient (Wildman–Crippen LogP) is 6.86. The summed E-state index contributed by atoms with van der Waals surface area (Å²) in [6.07, 6.45) is 15.7. The van der Waals surface area contributed by atoms with Crippen molar-refractivity contribution in [3.8, 4) is 0 Å². The van der Waals surface area contributed by atoms with Gasteiger partial charge in [0.1, 0.15) is 0 Å². The van der Waals surface area contributed by atoms with Gasteiger partial charge in [0.05, 0.1) is 13.5 Å². The standard InChI is InChI=1S/C27H30BN/c1-3-9-20(2)24-13-12-22(21-10-5-4-6-11-21)18-25(24)26-19-23(14-17-29-26)27(28)15-7-8-16-27/h4-6,9-12,14,17-19,24H,3,7-8,13,15-16H2,1-2H3. The second-order valence-corrected chi connectivity index (χ2v) is 8.56. The molecule has 0 spiro atoms. The molecule has 1 heterocycles. The summed E-state index contributed by atoms with van der Waals surface area (Å²) >= 11 is 0. The number of benzene rings is 1. The third kappa shape index (κ3) is 4.17. The first kappa shape index (κ1) is 19.9. The van der Waals surface area contributed by atoms with Crippen molar-refractivity contribution in [1.82, 2.24) is 4.98 Å². The summed E-state index contributed by atoms with van der Waals surface area (Å²) in [6, 6.07) is 15.0. The fraction of sp³-hybridized carbons (Fsp3) is 0.370. The van der Waals surface area contributed by atoms with Crippen LogP contribution >= 0.6 is 0 Å². The number of aromatic nitrogens is 1. The van der Waals surface area contributed by atoms with E-state index in [1.165, 1.54) is 40.7 Å². The molecule has 146 valence electrons. The maximum Gasteiger partial charge on any atom is 0.0810 e. The van der Waals surface area contributed by atoms with E-state index in [1.54, 1.807) is 0 Å². The van der Waals surface area contributed by atoms with Crippen molar-refractivity contribution in [1.29, 1.82) is 0 Å². The minimum Gasteiger partial charge on any atom is -0.257 e. The van der Waals surface area contributed by atoms with Gasteiger partial charge in [-0.15, -0.1) is 0 Å². The molecule has 1 fully saturated rings. The summed E-state index contributed by atoms with van der Waals surface area (Å²) < 4.78 is 0. The molecule has 29 heavy (non-hydrogen) atoms. The Balaban J connectivity index is 1.77. The summed E-state index contributed by atoms with van der Waals surface area (Å²) in [5.41, 5.74) is 7.62. The second kappa shape index (κ2) is 8.57. The molecule has 4 rings (SSSR count). The van der Waals surface area contributed by atoms with Gasteiger partial charge >= 0.3 is 0 Å². The van der Waals surface area contributed by atoms with Crippen LogP contribution in [0.4, 0.5) is 0 Å². The number of rotatable bonds is 5.